The molecule has 0 fully saturated rings. The first-order valence-electron chi connectivity index (χ1n) is 10.6. The highest BCUT2D eigenvalue weighted by Crippen LogP contribution is 2.35. The Labute approximate surface area is 214 Å². The Hall–Kier alpha value is -2.74. The second-order valence-corrected chi connectivity index (χ2v) is 9.25. The summed E-state index contributed by atoms with van der Waals surface area (Å²) < 4.78 is 41.9. The molecule has 35 heavy (non-hydrogen) atoms. The minimum Gasteiger partial charge on any atom is -0.356 e. The van der Waals surface area contributed by atoms with Crippen molar-refractivity contribution in [2.75, 3.05) is 6.54 Å². The van der Waals surface area contributed by atoms with Crippen LogP contribution in [-0.2, 0) is 17.4 Å². The van der Waals surface area contributed by atoms with Gasteiger partial charge in [-0.15, -0.1) is 0 Å². The van der Waals surface area contributed by atoms with Crippen LogP contribution in [0.3, 0.4) is 0 Å². The number of halogens is 6. The molecule has 1 amide bonds. The summed E-state index contributed by atoms with van der Waals surface area (Å²) in [5, 5.41) is 4.28. The van der Waals surface area contributed by atoms with Gasteiger partial charge in [0, 0.05) is 41.3 Å². The molecule has 2 heterocycles. The molecule has 0 aliphatic rings. The van der Waals surface area contributed by atoms with Gasteiger partial charge in [-0.2, -0.15) is 13.2 Å². The molecule has 10 heteroatoms. The first-order chi connectivity index (χ1) is 16.6. The maximum atomic E-state index is 13.4. The summed E-state index contributed by atoms with van der Waals surface area (Å²) in [5.41, 5.74) is 1.50. The van der Waals surface area contributed by atoms with Gasteiger partial charge in [-0.25, -0.2) is 4.98 Å². The molecule has 1 N–H and O–H groups in total. The molecule has 0 saturated carbocycles. The lowest BCUT2D eigenvalue weighted by atomic mass is 9.91. The fourth-order valence-corrected chi connectivity index (χ4v) is 4.54. The number of aromatic nitrogens is 2. The fraction of sp³-hybridized carbons (Fsp3) is 0.200. The maximum absolute atomic E-state index is 13.4. The second-order valence-electron chi connectivity index (χ2n) is 7.97. The Kier molecular flexibility index (Phi) is 7.59. The lowest BCUT2D eigenvalue weighted by Crippen LogP contribution is -2.28. The van der Waals surface area contributed by atoms with Crippen molar-refractivity contribution >= 4 is 46.4 Å². The predicted octanol–water partition coefficient (Wildman–Crippen LogP) is 7.19. The highest BCUT2D eigenvalue weighted by atomic mass is 35.5. The van der Waals surface area contributed by atoms with E-state index in [9.17, 15) is 18.0 Å². The third kappa shape index (κ3) is 6.10. The van der Waals surface area contributed by atoms with E-state index in [1.807, 2.05) is 0 Å². The lowest BCUT2D eigenvalue weighted by molar-refractivity contribution is -0.137. The Balaban J connectivity index is 1.59. The molecule has 0 bridgehead atoms. The molecule has 4 rings (SSSR count). The number of fused-ring (bicyclic) bond motifs is 1. The zero-order valence-corrected chi connectivity index (χ0v) is 20.4. The third-order valence-electron chi connectivity index (χ3n) is 5.59. The molecule has 0 spiro atoms. The zero-order valence-electron chi connectivity index (χ0n) is 18.1. The monoisotopic (exact) mass is 539 g/mol. The van der Waals surface area contributed by atoms with Crippen LogP contribution < -0.4 is 5.32 Å². The van der Waals surface area contributed by atoms with E-state index in [1.54, 1.807) is 53.2 Å². The van der Waals surface area contributed by atoms with Crippen LogP contribution in [0.1, 0.15) is 34.7 Å². The van der Waals surface area contributed by atoms with E-state index in [4.69, 9.17) is 34.8 Å². The first-order valence-corrected chi connectivity index (χ1v) is 11.8. The Bertz CT molecular complexity index is 1370. The van der Waals surface area contributed by atoms with Gasteiger partial charge in [0.1, 0.15) is 5.65 Å². The van der Waals surface area contributed by atoms with Gasteiger partial charge in [0.2, 0.25) is 5.91 Å². The number of carbonyl (C=O) groups excluding carboxylic acids is 1. The van der Waals surface area contributed by atoms with Gasteiger partial charge in [-0.1, -0.05) is 59.1 Å². The second kappa shape index (κ2) is 10.5. The van der Waals surface area contributed by atoms with Crippen molar-refractivity contribution in [1.82, 2.24) is 14.7 Å². The van der Waals surface area contributed by atoms with E-state index >= 15 is 0 Å². The Morgan fingerprint density at radius 2 is 1.80 bits per heavy atom. The van der Waals surface area contributed by atoms with Crippen molar-refractivity contribution in [3.8, 4) is 0 Å². The normalized spacial score (nSPS) is 12.6. The molecule has 2 aromatic heterocycles. The summed E-state index contributed by atoms with van der Waals surface area (Å²) in [6, 6.07) is 13.5. The number of alkyl halides is 3. The SMILES string of the molecule is O=C(CC(c1cccc(C(F)(F)F)c1)c1cnc2ccc(Cl)cn12)NCCc1ccc(Cl)cc1Cl. The van der Waals surface area contributed by atoms with E-state index in [0.717, 1.165) is 17.7 Å². The minimum atomic E-state index is -4.51. The van der Waals surface area contributed by atoms with Crippen molar-refractivity contribution in [3.63, 3.8) is 0 Å². The summed E-state index contributed by atoms with van der Waals surface area (Å²) >= 11 is 18.2. The van der Waals surface area contributed by atoms with Gasteiger partial charge in [0.05, 0.1) is 16.3 Å². The van der Waals surface area contributed by atoms with E-state index in [2.05, 4.69) is 10.3 Å². The van der Waals surface area contributed by atoms with Crippen LogP contribution in [0.15, 0.2) is 67.0 Å². The molecule has 0 aliphatic carbocycles. The third-order valence-corrected chi connectivity index (χ3v) is 6.40. The average Bonchev–Trinajstić information content (AvgIpc) is 3.21. The molecule has 1 unspecified atom stereocenters. The highest BCUT2D eigenvalue weighted by Gasteiger charge is 2.32. The van der Waals surface area contributed by atoms with Crippen molar-refractivity contribution < 1.29 is 18.0 Å². The van der Waals surface area contributed by atoms with Crippen molar-refractivity contribution in [3.05, 3.63) is 104 Å². The smallest absolute Gasteiger partial charge is 0.356 e. The average molecular weight is 541 g/mol. The molecule has 0 radical (unpaired) electrons. The van der Waals surface area contributed by atoms with Crippen LogP contribution in [-0.4, -0.2) is 21.8 Å². The fourth-order valence-electron chi connectivity index (χ4n) is 3.87. The molecular weight excluding hydrogens is 522 g/mol. The van der Waals surface area contributed by atoms with Crippen molar-refractivity contribution in [1.29, 1.82) is 0 Å². The summed E-state index contributed by atoms with van der Waals surface area (Å²) in [7, 11) is 0. The molecule has 2 aromatic carbocycles. The molecule has 0 saturated heterocycles. The topological polar surface area (TPSA) is 46.4 Å². The first kappa shape index (κ1) is 25.4. The van der Waals surface area contributed by atoms with E-state index < -0.39 is 17.7 Å². The number of imidazole rings is 1. The maximum Gasteiger partial charge on any atom is 0.416 e. The van der Waals surface area contributed by atoms with Gasteiger partial charge in [-0.3, -0.25) is 4.79 Å². The van der Waals surface area contributed by atoms with Crippen LogP contribution in [0.2, 0.25) is 15.1 Å². The van der Waals surface area contributed by atoms with Crippen LogP contribution in [0.4, 0.5) is 13.2 Å². The molecule has 1 atom stereocenters. The molecule has 4 aromatic rings. The van der Waals surface area contributed by atoms with Crippen LogP contribution >= 0.6 is 34.8 Å². The summed E-state index contributed by atoms with van der Waals surface area (Å²) in [5.74, 6) is -1.01. The number of nitrogens with zero attached hydrogens (tertiary/aromatic N) is 2. The number of benzene rings is 2. The van der Waals surface area contributed by atoms with Crippen LogP contribution in [0.25, 0.3) is 5.65 Å². The largest absolute Gasteiger partial charge is 0.416 e. The number of hydrogen-bond donors (Lipinski definition) is 1. The molecule has 182 valence electrons. The number of carbonyl (C=O) groups is 1. The van der Waals surface area contributed by atoms with Gasteiger partial charge in [0.15, 0.2) is 0 Å². The number of hydrogen-bond acceptors (Lipinski definition) is 2. The highest BCUT2D eigenvalue weighted by molar-refractivity contribution is 6.35. The predicted molar refractivity (Wildman–Crippen MR) is 131 cm³/mol. The van der Waals surface area contributed by atoms with E-state index in [0.29, 0.717) is 44.9 Å². The summed E-state index contributed by atoms with van der Waals surface area (Å²) in [6.07, 6.45) is -0.946. The van der Waals surface area contributed by atoms with Gasteiger partial charge >= 0.3 is 6.18 Å². The minimum absolute atomic E-state index is 0.0873. The number of rotatable bonds is 7. The van der Waals surface area contributed by atoms with Crippen molar-refractivity contribution in [2.24, 2.45) is 0 Å². The van der Waals surface area contributed by atoms with E-state index in [1.165, 1.54) is 6.07 Å². The lowest BCUT2D eigenvalue weighted by Gasteiger charge is -2.19. The van der Waals surface area contributed by atoms with Crippen LogP contribution in [0, 0.1) is 0 Å². The number of amides is 1. The molecule has 4 nitrogen and oxygen atoms in total. The summed E-state index contributed by atoms with van der Waals surface area (Å²) in [6.45, 7) is 0.300. The standard InChI is InChI=1S/C25H19Cl3F3N3O/c26-18-5-4-15(21(28)11-18)8-9-32-24(35)12-20(16-2-1-3-17(10-16)25(29,30)31)22-13-33-23-7-6-19(27)14-34(22)23/h1-7,10-11,13-14,20H,8-9,12H2,(H,32,35). The van der Waals surface area contributed by atoms with Crippen molar-refractivity contribution in [2.45, 2.75) is 24.9 Å². The Morgan fingerprint density at radius 1 is 1.03 bits per heavy atom. The quantitative estimate of drug-likeness (QED) is 0.270. The zero-order chi connectivity index (χ0) is 25.2. The summed E-state index contributed by atoms with van der Waals surface area (Å²) in [4.78, 5) is 17.2. The van der Waals surface area contributed by atoms with Crippen LogP contribution in [0.5, 0.6) is 0 Å². The van der Waals surface area contributed by atoms with Gasteiger partial charge in [-0.05, 0) is 47.9 Å². The number of nitrogens with one attached hydrogen (secondary N) is 1. The Morgan fingerprint density at radius 3 is 2.54 bits per heavy atom. The molecule has 0 aliphatic heterocycles. The van der Waals surface area contributed by atoms with Gasteiger partial charge < -0.3 is 9.72 Å². The number of pyridine rings is 1. The molecular formula is C25H19Cl3F3N3O. The van der Waals surface area contributed by atoms with Gasteiger partial charge in [0.25, 0.3) is 0 Å². The van der Waals surface area contributed by atoms with E-state index in [-0.39, 0.29) is 12.3 Å².